The Bertz CT molecular complexity index is 812. The van der Waals surface area contributed by atoms with Crippen molar-refractivity contribution in [1.29, 1.82) is 0 Å². The summed E-state index contributed by atoms with van der Waals surface area (Å²) in [7, 11) is 0. The number of carbonyl (C=O) groups excluding carboxylic acids is 2. The van der Waals surface area contributed by atoms with Gasteiger partial charge in [-0.25, -0.2) is 4.39 Å². The van der Waals surface area contributed by atoms with E-state index >= 15 is 0 Å². The number of halogens is 3. The molecule has 1 heterocycles. The van der Waals surface area contributed by atoms with Gasteiger partial charge in [-0.05, 0) is 42.0 Å². The molecule has 0 bridgehead atoms. The van der Waals surface area contributed by atoms with Gasteiger partial charge in [-0.3, -0.25) is 4.79 Å². The molecule has 3 rings (SSSR count). The van der Waals surface area contributed by atoms with Gasteiger partial charge in [-0.15, -0.1) is 0 Å². The molecule has 0 aromatic heterocycles. The minimum Gasteiger partial charge on any atom is -0.358 e. The lowest BCUT2D eigenvalue weighted by Crippen LogP contribution is -2.53. The van der Waals surface area contributed by atoms with Crippen molar-refractivity contribution in [3.05, 3.63) is 63.9 Å². The molecule has 7 heteroatoms. The van der Waals surface area contributed by atoms with Crippen molar-refractivity contribution in [3.63, 3.8) is 0 Å². The van der Waals surface area contributed by atoms with Crippen LogP contribution in [0, 0.1) is 5.82 Å². The van der Waals surface area contributed by atoms with E-state index in [0.29, 0.717) is 21.3 Å². The second-order valence-corrected chi connectivity index (χ2v) is 6.55. The molecule has 0 aliphatic carbocycles. The van der Waals surface area contributed by atoms with Crippen molar-refractivity contribution in [3.8, 4) is 0 Å². The molecule has 0 saturated carbocycles. The third kappa shape index (κ3) is 3.54. The molecule has 1 saturated heterocycles. The molecular formula is C18H14Cl2FNO3. The SMILES string of the molecule is O=CCC1(c2ccc(Cl)c(Cl)c2)CN(c2ccc(F)cc2)C(=O)CO1. The Morgan fingerprint density at radius 1 is 1.16 bits per heavy atom. The first kappa shape index (κ1) is 17.9. The monoisotopic (exact) mass is 381 g/mol. The molecule has 1 aliphatic rings. The number of morpholine rings is 1. The van der Waals surface area contributed by atoms with E-state index in [-0.39, 0.29) is 25.5 Å². The molecule has 0 radical (unpaired) electrons. The Balaban J connectivity index is 2.01. The molecular weight excluding hydrogens is 368 g/mol. The first-order valence-corrected chi connectivity index (χ1v) is 8.30. The summed E-state index contributed by atoms with van der Waals surface area (Å²) < 4.78 is 18.9. The highest BCUT2D eigenvalue weighted by Crippen LogP contribution is 2.37. The first-order valence-electron chi connectivity index (χ1n) is 7.54. The van der Waals surface area contributed by atoms with Crippen LogP contribution >= 0.6 is 23.2 Å². The molecule has 1 atom stereocenters. The van der Waals surface area contributed by atoms with Crippen LogP contribution in [-0.2, 0) is 19.9 Å². The molecule has 1 unspecified atom stereocenters. The van der Waals surface area contributed by atoms with Crippen LogP contribution in [-0.4, -0.2) is 25.3 Å². The van der Waals surface area contributed by atoms with Gasteiger partial charge in [-0.1, -0.05) is 29.3 Å². The maximum Gasteiger partial charge on any atom is 0.253 e. The lowest BCUT2D eigenvalue weighted by atomic mass is 9.88. The zero-order valence-corrected chi connectivity index (χ0v) is 14.6. The quantitative estimate of drug-likeness (QED) is 0.752. The predicted octanol–water partition coefficient (Wildman–Crippen LogP) is 3.98. The fourth-order valence-electron chi connectivity index (χ4n) is 2.85. The number of carbonyl (C=O) groups is 2. The summed E-state index contributed by atoms with van der Waals surface area (Å²) >= 11 is 12.1. The fraction of sp³-hybridized carbons (Fsp3) is 0.222. The van der Waals surface area contributed by atoms with Crippen LogP contribution in [0.15, 0.2) is 42.5 Å². The summed E-state index contributed by atoms with van der Waals surface area (Å²) in [6.45, 7) is -0.0976. The van der Waals surface area contributed by atoms with Crippen LogP contribution in [0.25, 0.3) is 0 Å². The topological polar surface area (TPSA) is 46.6 Å². The molecule has 0 spiro atoms. The number of hydrogen-bond donors (Lipinski definition) is 0. The summed E-state index contributed by atoms with van der Waals surface area (Å²) in [6, 6.07) is 10.5. The maximum absolute atomic E-state index is 13.2. The van der Waals surface area contributed by atoms with Crippen LogP contribution < -0.4 is 4.90 Å². The molecule has 130 valence electrons. The highest BCUT2D eigenvalue weighted by atomic mass is 35.5. The van der Waals surface area contributed by atoms with Crippen LogP contribution in [0.5, 0.6) is 0 Å². The molecule has 1 fully saturated rings. The summed E-state index contributed by atoms with van der Waals surface area (Å²) in [6.07, 6.45) is 0.775. The van der Waals surface area contributed by atoms with Gasteiger partial charge in [0.25, 0.3) is 5.91 Å². The minimum atomic E-state index is -1.04. The van der Waals surface area contributed by atoms with Gasteiger partial charge >= 0.3 is 0 Å². The number of ether oxygens (including phenoxy) is 1. The van der Waals surface area contributed by atoms with E-state index in [1.807, 2.05) is 0 Å². The minimum absolute atomic E-state index is 0.0376. The summed E-state index contributed by atoms with van der Waals surface area (Å²) in [4.78, 5) is 25.1. The van der Waals surface area contributed by atoms with Crippen LogP contribution in [0.2, 0.25) is 10.0 Å². The fourth-order valence-corrected chi connectivity index (χ4v) is 3.15. The number of hydrogen-bond acceptors (Lipinski definition) is 3. The zero-order valence-electron chi connectivity index (χ0n) is 13.0. The van der Waals surface area contributed by atoms with E-state index in [1.165, 1.54) is 29.2 Å². The summed E-state index contributed by atoms with van der Waals surface area (Å²) in [5.74, 6) is -0.665. The van der Waals surface area contributed by atoms with Gasteiger partial charge in [0.2, 0.25) is 0 Å². The number of amides is 1. The van der Waals surface area contributed by atoms with E-state index in [2.05, 4.69) is 0 Å². The lowest BCUT2D eigenvalue weighted by Gasteiger charge is -2.42. The van der Waals surface area contributed by atoms with Crippen LogP contribution in [0.4, 0.5) is 10.1 Å². The number of benzene rings is 2. The van der Waals surface area contributed by atoms with Gasteiger partial charge in [0.05, 0.1) is 16.6 Å². The molecule has 2 aromatic carbocycles. The van der Waals surface area contributed by atoms with E-state index in [0.717, 1.165) is 6.29 Å². The van der Waals surface area contributed by atoms with Crippen molar-refractivity contribution in [2.75, 3.05) is 18.1 Å². The van der Waals surface area contributed by atoms with Crippen molar-refractivity contribution in [2.24, 2.45) is 0 Å². The Morgan fingerprint density at radius 3 is 2.52 bits per heavy atom. The molecule has 1 aliphatic heterocycles. The number of anilines is 1. The Morgan fingerprint density at radius 2 is 1.88 bits per heavy atom. The highest BCUT2D eigenvalue weighted by molar-refractivity contribution is 6.42. The van der Waals surface area contributed by atoms with Crippen LogP contribution in [0.1, 0.15) is 12.0 Å². The van der Waals surface area contributed by atoms with E-state index in [4.69, 9.17) is 27.9 Å². The number of nitrogens with zero attached hydrogens (tertiary/aromatic N) is 1. The second kappa shape index (κ2) is 7.12. The lowest BCUT2D eigenvalue weighted by molar-refractivity contribution is -0.143. The van der Waals surface area contributed by atoms with Gasteiger partial charge < -0.3 is 14.4 Å². The average Bonchev–Trinajstić information content (AvgIpc) is 2.60. The largest absolute Gasteiger partial charge is 0.358 e. The van der Waals surface area contributed by atoms with Crippen molar-refractivity contribution >= 4 is 41.1 Å². The van der Waals surface area contributed by atoms with E-state index in [1.54, 1.807) is 18.2 Å². The Hall–Kier alpha value is -1.95. The van der Waals surface area contributed by atoms with Crippen molar-refractivity contribution < 1.29 is 18.7 Å². The molecule has 4 nitrogen and oxygen atoms in total. The maximum atomic E-state index is 13.2. The second-order valence-electron chi connectivity index (χ2n) is 5.74. The zero-order chi connectivity index (χ0) is 18.0. The predicted molar refractivity (Wildman–Crippen MR) is 93.5 cm³/mol. The van der Waals surface area contributed by atoms with Crippen molar-refractivity contribution in [2.45, 2.75) is 12.0 Å². The van der Waals surface area contributed by atoms with Crippen LogP contribution in [0.3, 0.4) is 0 Å². The van der Waals surface area contributed by atoms with Gasteiger partial charge in [0, 0.05) is 12.1 Å². The van der Waals surface area contributed by atoms with Gasteiger partial charge in [-0.2, -0.15) is 0 Å². The summed E-state index contributed by atoms with van der Waals surface area (Å²) in [5, 5.41) is 0.715. The van der Waals surface area contributed by atoms with Gasteiger partial charge in [0.15, 0.2) is 0 Å². The van der Waals surface area contributed by atoms with Crippen molar-refractivity contribution in [1.82, 2.24) is 0 Å². The van der Waals surface area contributed by atoms with E-state index in [9.17, 15) is 14.0 Å². The highest BCUT2D eigenvalue weighted by Gasteiger charge is 2.42. The summed E-state index contributed by atoms with van der Waals surface area (Å²) in [5.41, 5.74) is 0.136. The molecule has 0 N–H and O–H groups in total. The van der Waals surface area contributed by atoms with Gasteiger partial charge in [0.1, 0.15) is 24.3 Å². The smallest absolute Gasteiger partial charge is 0.253 e. The number of rotatable bonds is 4. The standard InChI is InChI=1S/C18H14Cl2FNO3/c19-15-6-1-12(9-16(15)20)18(7-8-23)11-22(17(24)10-25-18)14-4-2-13(21)3-5-14/h1-6,8-9H,7,10-11H2. The Labute approximate surface area is 154 Å². The molecule has 2 aromatic rings. The normalized spacial score (nSPS) is 20.6. The third-order valence-corrected chi connectivity index (χ3v) is 4.92. The first-order chi connectivity index (χ1) is 11.9. The van der Waals surface area contributed by atoms with E-state index < -0.39 is 11.4 Å². The Kier molecular flexibility index (Phi) is 5.08. The average molecular weight is 382 g/mol. The third-order valence-electron chi connectivity index (χ3n) is 4.18. The molecule has 25 heavy (non-hydrogen) atoms. The molecule has 1 amide bonds. The number of aldehydes is 1.